The Morgan fingerprint density at radius 1 is 0.872 bits per heavy atom. The van der Waals surface area contributed by atoms with Crippen LogP contribution in [0, 0.1) is 0 Å². The Hall–Kier alpha value is -4.65. The van der Waals surface area contributed by atoms with E-state index in [-0.39, 0.29) is 12.0 Å². The first-order chi connectivity index (χ1) is 22.7. The number of carbonyl (C=O) groups excluding carboxylic acids is 2. The highest BCUT2D eigenvalue weighted by atomic mass is 35.5. The lowest BCUT2D eigenvalue weighted by atomic mass is 10.1. The zero-order valence-electron chi connectivity index (χ0n) is 26.1. The number of piperazine rings is 1. The number of cyclic esters (lactones) is 1. The fourth-order valence-corrected chi connectivity index (χ4v) is 6.19. The summed E-state index contributed by atoms with van der Waals surface area (Å²) in [4.78, 5) is 34.6. The predicted molar refractivity (Wildman–Crippen MR) is 175 cm³/mol. The maximum atomic E-state index is 12.6. The molecule has 3 aromatic carbocycles. The van der Waals surface area contributed by atoms with E-state index in [4.69, 9.17) is 30.5 Å². The minimum atomic E-state index is -1.15. The maximum absolute atomic E-state index is 12.6. The van der Waals surface area contributed by atoms with Crippen LogP contribution in [0.15, 0.2) is 85.5 Å². The number of hydrogen-bond acceptors (Lipinski definition) is 10. The normalized spacial score (nSPS) is 22.5. The van der Waals surface area contributed by atoms with Crippen LogP contribution in [0.1, 0.15) is 19.4 Å². The number of anilines is 3. The molecular weight excluding hydrogens is 624 g/mol. The molecule has 3 saturated heterocycles. The van der Waals surface area contributed by atoms with Crippen LogP contribution in [0.5, 0.6) is 5.75 Å². The molecule has 0 spiro atoms. The Bertz CT molecular complexity index is 1710. The van der Waals surface area contributed by atoms with E-state index in [0.717, 1.165) is 53.8 Å². The summed E-state index contributed by atoms with van der Waals surface area (Å²) in [5.41, 5.74) is 2.36. The van der Waals surface area contributed by atoms with Crippen molar-refractivity contribution in [2.45, 2.75) is 37.9 Å². The molecule has 0 aliphatic carbocycles. The van der Waals surface area contributed by atoms with Crippen LogP contribution in [0.4, 0.5) is 21.9 Å². The molecule has 3 aliphatic rings. The summed E-state index contributed by atoms with van der Waals surface area (Å²) in [6, 6.07) is 23.0. The van der Waals surface area contributed by atoms with E-state index < -0.39 is 17.5 Å². The molecular formula is C34H35ClN6O6. The summed E-state index contributed by atoms with van der Waals surface area (Å²) in [5, 5.41) is 4.87. The molecule has 4 aromatic rings. The van der Waals surface area contributed by atoms with E-state index in [9.17, 15) is 9.59 Å². The lowest BCUT2D eigenvalue weighted by Crippen LogP contribution is -2.46. The molecule has 7 rings (SSSR count). The van der Waals surface area contributed by atoms with Crippen LogP contribution in [0.3, 0.4) is 0 Å². The van der Waals surface area contributed by atoms with Crippen LogP contribution >= 0.6 is 11.6 Å². The van der Waals surface area contributed by atoms with Gasteiger partial charge in [0, 0.05) is 48.1 Å². The molecule has 12 nitrogen and oxygen atoms in total. The van der Waals surface area contributed by atoms with E-state index in [1.165, 1.54) is 6.33 Å². The SMILES string of the molecule is CC1(C)OC(=O)N(c2ccc(N3CCN(c4ccc(OC[C@@H]5CO[C@@](Cn6cncn6)(c6ccc(Cl)cc6)O5)cc4)CC3)cc2)C1=O. The van der Waals surface area contributed by atoms with Gasteiger partial charge in [-0.05, 0) is 74.5 Å². The van der Waals surface area contributed by atoms with Gasteiger partial charge < -0.3 is 28.7 Å². The van der Waals surface area contributed by atoms with Crippen LogP contribution in [-0.2, 0) is 31.3 Å². The fraction of sp³-hybridized carbons (Fsp3) is 0.353. The van der Waals surface area contributed by atoms with Crippen molar-refractivity contribution in [1.29, 1.82) is 0 Å². The average molecular weight is 659 g/mol. The van der Waals surface area contributed by atoms with Crippen LogP contribution in [0.2, 0.25) is 5.02 Å². The molecule has 4 heterocycles. The number of aromatic nitrogens is 3. The summed E-state index contributed by atoms with van der Waals surface area (Å²) in [5.74, 6) is -0.643. The van der Waals surface area contributed by atoms with Crippen molar-refractivity contribution in [1.82, 2.24) is 14.8 Å². The van der Waals surface area contributed by atoms with Gasteiger partial charge in [-0.3, -0.25) is 4.79 Å². The van der Waals surface area contributed by atoms with Crippen LogP contribution < -0.4 is 19.4 Å². The summed E-state index contributed by atoms with van der Waals surface area (Å²) < 4.78 is 25.7. The zero-order valence-corrected chi connectivity index (χ0v) is 26.9. The molecule has 1 aromatic heterocycles. The van der Waals surface area contributed by atoms with Crippen LogP contribution in [0.25, 0.3) is 0 Å². The van der Waals surface area contributed by atoms with Crippen molar-refractivity contribution in [2.75, 3.05) is 54.1 Å². The molecule has 0 radical (unpaired) electrons. The Kier molecular flexibility index (Phi) is 8.25. The number of benzene rings is 3. The van der Waals surface area contributed by atoms with Crippen molar-refractivity contribution < 1.29 is 28.5 Å². The first-order valence-corrected chi connectivity index (χ1v) is 15.9. The van der Waals surface area contributed by atoms with Gasteiger partial charge in [-0.2, -0.15) is 5.10 Å². The molecule has 0 bridgehead atoms. The van der Waals surface area contributed by atoms with E-state index in [2.05, 4.69) is 32.0 Å². The van der Waals surface area contributed by atoms with Crippen LogP contribution in [-0.4, -0.2) is 77.9 Å². The Morgan fingerprint density at radius 3 is 2.06 bits per heavy atom. The second-order valence-corrected chi connectivity index (χ2v) is 12.7. The van der Waals surface area contributed by atoms with Crippen molar-refractivity contribution in [3.8, 4) is 5.75 Å². The lowest BCUT2D eigenvalue weighted by Gasteiger charge is -2.37. The number of carbonyl (C=O) groups is 2. The van der Waals surface area contributed by atoms with Crippen molar-refractivity contribution in [3.63, 3.8) is 0 Å². The third-order valence-electron chi connectivity index (χ3n) is 8.61. The highest BCUT2D eigenvalue weighted by Gasteiger charge is 2.48. The molecule has 3 aliphatic heterocycles. The molecule has 244 valence electrons. The van der Waals surface area contributed by atoms with E-state index in [1.807, 2.05) is 48.5 Å². The van der Waals surface area contributed by atoms with Crippen molar-refractivity contribution in [3.05, 3.63) is 96.0 Å². The van der Waals surface area contributed by atoms with Gasteiger partial charge in [0.15, 0.2) is 5.60 Å². The standard InChI is InChI=1S/C34H35ClN6O6/c1-33(2)31(42)41(32(43)47-33)28-9-7-26(8-10-28)38-15-17-39(18-16-38)27-11-13-29(14-12-27)44-19-30-20-45-34(46-30,21-40-23-36-22-37-40)24-3-5-25(35)6-4-24/h3-14,22-23,30H,15-21H2,1-2H3/t30-,34-/m1/s1. The van der Waals surface area contributed by atoms with Crippen molar-refractivity contribution >= 4 is 40.7 Å². The fourth-order valence-electron chi connectivity index (χ4n) is 6.06. The molecule has 3 fully saturated rings. The van der Waals surface area contributed by atoms with Gasteiger partial charge in [0.05, 0.1) is 12.3 Å². The zero-order chi connectivity index (χ0) is 32.6. The van der Waals surface area contributed by atoms with E-state index in [1.54, 1.807) is 37.0 Å². The summed E-state index contributed by atoms with van der Waals surface area (Å²) >= 11 is 6.13. The molecule has 2 amide bonds. The first kappa shape index (κ1) is 31.0. The molecule has 0 saturated carbocycles. The second kappa shape index (κ2) is 12.5. The number of halogens is 1. The lowest BCUT2D eigenvalue weighted by molar-refractivity contribution is -0.190. The molecule has 47 heavy (non-hydrogen) atoms. The highest BCUT2D eigenvalue weighted by Crippen LogP contribution is 2.37. The van der Waals surface area contributed by atoms with Gasteiger partial charge in [-0.25, -0.2) is 19.4 Å². The van der Waals surface area contributed by atoms with Gasteiger partial charge in [0.1, 0.15) is 37.7 Å². The number of rotatable bonds is 9. The van der Waals surface area contributed by atoms with Gasteiger partial charge in [0.25, 0.3) is 5.91 Å². The van der Waals surface area contributed by atoms with Crippen molar-refractivity contribution in [2.24, 2.45) is 0 Å². The Labute approximate surface area is 277 Å². The quantitative estimate of drug-likeness (QED) is 0.247. The molecule has 0 N–H and O–H groups in total. The smallest absolute Gasteiger partial charge is 0.422 e. The minimum absolute atomic E-state index is 0.285. The maximum Gasteiger partial charge on any atom is 0.422 e. The monoisotopic (exact) mass is 658 g/mol. The minimum Gasteiger partial charge on any atom is -0.491 e. The molecule has 13 heteroatoms. The molecule has 0 unspecified atom stereocenters. The third-order valence-corrected chi connectivity index (χ3v) is 8.87. The number of amides is 2. The topological polar surface area (TPSA) is 111 Å². The predicted octanol–water partition coefficient (Wildman–Crippen LogP) is 4.87. The summed E-state index contributed by atoms with van der Waals surface area (Å²) in [7, 11) is 0. The summed E-state index contributed by atoms with van der Waals surface area (Å²) in [6.45, 7) is 7.58. The van der Waals surface area contributed by atoms with Gasteiger partial charge in [0.2, 0.25) is 5.79 Å². The second-order valence-electron chi connectivity index (χ2n) is 12.2. The average Bonchev–Trinajstić information content (AvgIpc) is 3.79. The largest absolute Gasteiger partial charge is 0.491 e. The van der Waals surface area contributed by atoms with Gasteiger partial charge in [-0.15, -0.1) is 0 Å². The third kappa shape index (κ3) is 6.36. The number of imide groups is 1. The van der Waals surface area contributed by atoms with E-state index in [0.29, 0.717) is 30.5 Å². The number of ether oxygens (including phenoxy) is 4. The Balaban J connectivity index is 0.916. The molecule has 2 atom stereocenters. The summed E-state index contributed by atoms with van der Waals surface area (Å²) in [6.07, 6.45) is 2.18. The number of nitrogens with zero attached hydrogens (tertiary/aromatic N) is 6. The van der Waals surface area contributed by atoms with Gasteiger partial charge >= 0.3 is 6.09 Å². The van der Waals surface area contributed by atoms with Gasteiger partial charge in [-0.1, -0.05) is 23.7 Å². The highest BCUT2D eigenvalue weighted by molar-refractivity contribution is 6.30. The Morgan fingerprint density at radius 2 is 1.49 bits per heavy atom. The first-order valence-electron chi connectivity index (χ1n) is 15.5. The number of hydrogen-bond donors (Lipinski definition) is 0. The van der Waals surface area contributed by atoms with E-state index >= 15 is 0 Å².